The molecule has 124 valence electrons. The molecule has 2 aromatic heterocycles. The number of hydrogen-bond acceptors (Lipinski definition) is 3. The van der Waals surface area contributed by atoms with Gasteiger partial charge < -0.3 is 5.32 Å². The number of amides is 1. The van der Waals surface area contributed by atoms with E-state index in [1.165, 1.54) is 0 Å². The van der Waals surface area contributed by atoms with Crippen LogP contribution in [-0.2, 0) is 0 Å². The standard InChI is InChI=1S/C19H17N5O/c1-12-5-3-7-15(9-12)24-13(2)16(11-21-24)19(25)22-17-8-4-6-14-10-20-23-18(14)17/h3-11H,1-2H3,(H,20,23)(H,22,25). The molecule has 0 aliphatic heterocycles. The normalized spacial score (nSPS) is 11.0. The maximum absolute atomic E-state index is 12.7. The average molecular weight is 331 g/mol. The van der Waals surface area contributed by atoms with Gasteiger partial charge in [0.2, 0.25) is 0 Å². The first kappa shape index (κ1) is 15.1. The third kappa shape index (κ3) is 2.67. The van der Waals surface area contributed by atoms with Crippen LogP contribution < -0.4 is 5.32 Å². The van der Waals surface area contributed by atoms with Crippen LogP contribution in [0.15, 0.2) is 54.9 Å². The van der Waals surface area contributed by atoms with Crippen molar-refractivity contribution in [2.24, 2.45) is 0 Å². The number of rotatable bonds is 3. The lowest BCUT2D eigenvalue weighted by Crippen LogP contribution is -2.13. The van der Waals surface area contributed by atoms with E-state index >= 15 is 0 Å². The van der Waals surface area contributed by atoms with E-state index < -0.39 is 0 Å². The molecule has 0 saturated carbocycles. The van der Waals surface area contributed by atoms with Crippen LogP contribution in [0.2, 0.25) is 0 Å². The van der Waals surface area contributed by atoms with Crippen LogP contribution in [0.25, 0.3) is 16.6 Å². The van der Waals surface area contributed by atoms with Crippen molar-refractivity contribution >= 4 is 22.5 Å². The van der Waals surface area contributed by atoms with Crippen LogP contribution in [0.3, 0.4) is 0 Å². The highest BCUT2D eigenvalue weighted by molar-refractivity contribution is 6.08. The number of aromatic nitrogens is 4. The number of carbonyl (C=O) groups excluding carboxylic acids is 1. The molecule has 0 aliphatic rings. The molecule has 2 N–H and O–H groups in total. The number of H-pyrrole nitrogens is 1. The Morgan fingerprint density at radius 1 is 1.12 bits per heavy atom. The molecule has 2 heterocycles. The summed E-state index contributed by atoms with van der Waals surface area (Å²) in [5, 5.41) is 15.2. The zero-order valence-corrected chi connectivity index (χ0v) is 13.9. The molecular weight excluding hydrogens is 314 g/mol. The Kier molecular flexibility index (Phi) is 3.57. The molecule has 0 bridgehead atoms. The van der Waals surface area contributed by atoms with Crippen LogP contribution in [0.5, 0.6) is 0 Å². The molecule has 0 unspecified atom stereocenters. The summed E-state index contributed by atoms with van der Waals surface area (Å²) in [7, 11) is 0. The number of para-hydroxylation sites is 1. The van der Waals surface area contributed by atoms with Gasteiger partial charge in [0.25, 0.3) is 5.91 Å². The molecule has 4 aromatic rings. The number of benzene rings is 2. The Balaban J connectivity index is 1.66. The van der Waals surface area contributed by atoms with Gasteiger partial charge in [0.15, 0.2) is 0 Å². The summed E-state index contributed by atoms with van der Waals surface area (Å²) < 4.78 is 1.78. The third-order valence-electron chi connectivity index (χ3n) is 4.23. The smallest absolute Gasteiger partial charge is 0.259 e. The van der Waals surface area contributed by atoms with E-state index in [9.17, 15) is 4.79 Å². The van der Waals surface area contributed by atoms with Crippen LogP contribution in [0.1, 0.15) is 21.6 Å². The Hall–Kier alpha value is -3.41. The fraction of sp³-hybridized carbons (Fsp3) is 0.105. The van der Waals surface area contributed by atoms with Gasteiger partial charge in [-0.25, -0.2) is 4.68 Å². The topological polar surface area (TPSA) is 75.6 Å². The second-order valence-corrected chi connectivity index (χ2v) is 5.99. The van der Waals surface area contributed by atoms with Gasteiger partial charge in [0.1, 0.15) is 0 Å². The zero-order chi connectivity index (χ0) is 17.4. The first-order valence-electron chi connectivity index (χ1n) is 7.98. The number of anilines is 1. The Bertz CT molecular complexity index is 1080. The number of hydrogen-bond donors (Lipinski definition) is 2. The predicted molar refractivity (Wildman–Crippen MR) is 97.1 cm³/mol. The lowest BCUT2D eigenvalue weighted by Gasteiger charge is -2.08. The monoisotopic (exact) mass is 331 g/mol. The molecule has 1 amide bonds. The first-order chi connectivity index (χ1) is 12.1. The van der Waals surface area contributed by atoms with Gasteiger partial charge in [0, 0.05) is 5.39 Å². The van der Waals surface area contributed by atoms with Gasteiger partial charge in [-0.2, -0.15) is 10.2 Å². The molecular formula is C19H17N5O. The van der Waals surface area contributed by atoms with Crippen molar-refractivity contribution in [2.45, 2.75) is 13.8 Å². The second-order valence-electron chi connectivity index (χ2n) is 5.99. The molecule has 0 saturated heterocycles. The van der Waals surface area contributed by atoms with E-state index in [4.69, 9.17) is 0 Å². The Labute approximate surface area is 144 Å². The van der Waals surface area contributed by atoms with Gasteiger partial charge in [-0.05, 0) is 37.6 Å². The summed E-state index contributed by atoms with van der Waals surface area (Å²) in [6, 6.07) is 13.7. The first-order valence-corrected chi connectivity index (χ1v) is 7.98. The molecule has 0 aliphatic carbocycles. The largest absolute Gasteiger partial charge is 0.320 e. The lowest BCUT2D eigenvalue weighted by molar-refractivity contribution is 0.102. The number of aryl methyl sites for hydroxylation is 1. The second kappa shape index (κ2) is 5.90. The van der Waals surface area contributed by atoms with Crippen molar-refractivity contribution in [1.82, 2.24) is 20.0 Å². The van der Waals surface area contributed by atoms with E-state index in [2.05, 4.69) is 20.6 Å². The predicted octanol–water partition coefficient (Wildman–Crippen LogP) is 3.62. The van der Waals surface area contributed by atoms with E-state index in [-0.39, 0.29) is 5.91 Å². The number of nitrogens with zero attached hydrogens (tertiary/aromatic N) is 3. The van der Waals surface area contributed by atoms with Crippen LogP contribution in [0, 0.1) is 13.8 Å². The molecule has 0 fully saturated rings. The Morgan fingerprint density at radius 2 is 1.96 bits per heavy atom. The average Bonchev–Trinajstić information content (AvgIpc) is 3.22. The highest BCUT2D eigenvalue weighted by Gasteiger charge is 2.16. The van der Waals surface area contributed by atoms with E-state index in [1.807, 2.05) is 56.3 Å². The molecule has 2 aromatic carbocycles. The highest BCUT2D eigenvalue weighted by atomic mass is 16.1. The summed E-state index contributed by atoms with van der Waals surface area (Å²) in [5.74, 6) is -0.196. The molecule has 6 nitrogen and oxygen atoms in total. The summed E-state index contributed by atoms with van der Waals surface area (Å²) >= 11 is 0. The van der Waals surface area contributed by atoms with Gasteiger partial charge >= 0.3 is 0 Å². The molecule has 0 atom stereocenters. The minimum absolute atomic E-state index is 0.196. The minimum Gasteiger partial charge on any atom is -0.320 e. The summed E-state index contributed by atoms with van der Waals surface area (Å²) in [5.41, 5.74) is 4.91. The summed E-state index contributed by atoms with van der Waals surface area (Å²) in [4.78, 5) is 12.7. The van der Waals surface area contributed by atoms with Gasteiger partial charge in [0.05, 0.1) is 40.5 Å². The van der Waals surface area contributed by atoms with Crippen molar-refractivity contribution in [3.63, 3.8) is 0 Å². The van der Waals surface area contributed by atoms with Gasteiger partial charge in [-0.1, -0.05) is 24.3 Å². The van der Waals surface area contributed by atoms with E-state index in [0.717, 1.165) is 27.8 Å². The number of aromatic amines is 1. The van der Waals surface area contributed by atoms with Gasteiger partial charge in [-0.3, -0.25) is 9.89 Å². The minimum atomic E-state index is -0.196. The molecule has 25 heavy (non-hydrogen) atoms. The van der Waals surface area contributed by atoms with E-state index in [0.29, 0.717) is 11.3 Å². The number of nitrogens with one attached hydrogen (secondary N) is 2. The fourth-order valence-electron chi connectivity index (χ4n) is 2.92. The van der Waals surface area contributed by atoms with Gasteiger partial charge in [-0.15, -0.1) is 0 Å². The quantitative estimate of drug-likeness (QED) is 0.602. The van der Waals surface area contributed by atoms with Crippen LogP contribution >= 0.6 is 0 Å². The lowest BCUT2D eigenvalue weighted by atomic mass is 10.2. The maximum Gasteiger partial charge on any atom is 0.259 e. The van der Waals surface area contributed by atoms with Crippen molar-refractivity contribution in [1.29, 1.82) is 0 Å². The highest BCUT2D eigenvalue weighted by Crippen LogP contribution is 2.22. The molecule has 4 rings (SSSR count). The zero-order valence-electron chi connectivity index (χ0n) is 13.9. The molecule has 6 heteroatoms. The van der Waals surface area contributed by atoms with Crippen molar-refractivity contribution < 1.29 is 4.79 Å². The number of carbonyl (C=O) groups is 1. The summed E-state index contributed by atoms with van der Waals surface area (Å²) in [6.07, 6.45) is 3.33. The number of fused-ring (bicyclic) bond motifs is 1. The van der Waals surface area contributed by atoms with Crippen molar-refractivity contribution in [3.05, 3.63) is 71.7 Å². The van der Waals surface area contributed by atoms with Crippen LogP contribution in [-0.4, -0.2) is 25.9 Å². The summed E-state index contributed by atoms with van der Waals surface area (Å²) in [6.45, 7) is 3.92. The van der Waals surface area contributed by atoms with Crippen LogP contribution in [0.4, 0.5) is 5.69 Å². The molecule has 0 spiro atoms. The third-order valence-corrected chi connectivity index (χ3v) is 4.23. The fourth-order valence-corrected chi connectivity index (χ4v) is 2.92. The molecule has 0 radical (unpaired) electrons. The van der Waals surface area contributed by atoms with Crippen molar-refractivity contribution in [3.8, 4) is 5.69 Å². The van der Waals surface area contributed by atoms with Crippen molar-refractivity contribution in [2.75, 3.05) is 5.32 Å². The SMILES string of the molecule is Cc1cccc(-n2ncc(C(=O)Nc3cccc4cn[nH]c34)c2C)c1. The Morgan fingerprint density at radius 3 is 2.80 bits per heavy atom. The maximum atomic E-state index is 12.7. The van der Waals surface area contributed by atoms with E-state index in [1.54, 1.807) is 17.1 Å².